The third kappa shape index (κ3) is 4.43. The number of carbonyl (C=O) groups is 2. The van der Waals surface area contributed by atoms with E-state index in [0.717, 1.165) is 12.8 Å². The van der Waals surface area contributed by atoms with E-state index in [-0.39, 0.29) is 17.2 Å². The number of nitrogens with two attached hydrogens (primary N) is 1. The average Bonchev–Trinajstić information content (AvgIpc) is 2.36. The van der Waals surface area contributed by atoms with Crippen molar-refractivity contribution >= 4 is 11.8 Å². The lowest BCUT2D eigenvalue weighted by molar-refractivity contribution is -0.149. The molecule has 0 aromatic rings. The largest absolute Gasteiger partial charge is 0.352 e. The molecule has 3 N–H and O–H groups in total. The first-order valence-electron chi connectivity index (χ1n) is 7.89. The first-order valence-corrected chi connectivity index (χ1v) is 7.89. The Labute approximate surface area is 128 Å². The zero-order valence-electron chi connectivity index (χ0n) is 14.2. The minimum atomic E-state index is -0.750. The molecule has 5 heteroatoms. The molecule has 0 aromatic heterocycles. The zero-order valence-corrected chi connectivity index (χ0v) is 14.2. The fourth-order valence-corrected chi connectivity index (χ4v) is 2.98. The van der Waals surface area contributed by atoms with E-state index in [0.29, 0.717) is 32.0 Å². The molecule has 0 spiro atoms. The van der Waals surface area contributed by atoms with E-state index in [2.05, 4.69) is 26.1 Å². The van der Waals surface area contributed by atoms with E-state index in [1.807, 2.05) is 0 Å². The van der Waals surface area contributed by atoms with Gasteiger partial charge in [-0.15, -0.1) is 0 Å². The maximum atomic E-state index is 12.5. The second-order valence-electron chi connectivity index (χ2n) is 7.54. The maximum absolute atomic E-state index is 12.5. The van der Waals surface area contributed by atoms with Crippen LogP contribution < -0.4 is 11.1 Å². The van der Waals surface area contributed by atoms with E-state index in [4.69, 9.17) is 5.73 Å². The van der Waals surface area contributed by atoms with E-state index >= 15 is 0 Å². The molecule has 0 aliphatic carbocycles. The van der Waals surface area contributed by atoms with Gasteiger partial charge < -0.3 is 16.0 Å². The van der Waals surface area contributed by atoms with E-state index < -0.39 is 5.54 Å². The van der Waals surface area contributed by atoms with E-state index in [1.54, 1.807) is 18.7 Å². The van der Waals surface area contributed by atoms with Crippen molar-refractivity contribution in [2.75, 3.05) is 19.6 Å². The van der Waals surface area contributed by atoms with Crippen molar-refractivity contribution in [3.8, 4) is 0 Å². The second kappa shape index (κ2) is 6.77. The van der Waals surface area contributed by atoms with Gasteiger partial charge in [-0.2, -0.15) is 0 Å². The molecule has 2 amide bonds. The highest BCUT2D eigenvalue weighted by molar-refractivity contribution is 5.91. The van der Waals surface area contributed by atoms with Crippen LogP contribution in [0.1, 0.15) is 53.9 Å². The quantitative estimate of drug-likeness (QED) is 0.808. The Morgan fingerprint density at radius 3 is 2.52 bits per heavy atom. The van der Waals surface area contributed by atoms with Gasteiger partial charge in [-0.25, -0.2) is 0 Å². The predicted molar refractivity (Wildman–Crippen MR) is 84.7 cm³/mol. The maximum Gasteiger partial charge on any atom is 0.245 e. The summed E-state index contributed by atoms with van der Waals surface area (Å²) in [5.41, 5.74) is 5.09. The van der Waals surface area contributed by atoms with Crippen molar-refractivity contribution in [1.29, 1.82) is 0 Å². The van der Waals surface area contributed by atoms with Gasteiger partial charge in [0.2, 0.25) is 11.8 Å². The summed E-state index contributed by atoms with van der Waals surface area (Å²) in [7, 11) is 0. The molecule has 1 saturated heterocycles. The lowest BCUT2D eigenvalue weighted by Gasteiger charge is -2.41. The molecule has 1 fully saturated rings. The molecule has 122 valence electrons. The summed E-state index contributed by atoms with van der Waals surface area (Å²) in [5, 5.41) is 2.82. The SMILES string of the molecule is CC(C)(C)C(CCN)CCC(=O)N1CCNC(=O)C1(C)C. The Hall–Kier alpha value is -1.10. The van der Waals surface area contributed by atoms with Crippen molar-refractivity contribution in [2.24, 2.45) is 17.1 Å². The van der Waals surface area contributed by atoms with Crippen LogP contribution in [0.15, 0.2) is 0 Å². The molecule has 1 heterocycles. The van der Waals surface area contributed by atoms with Crippen molar-refractivity contribution in [2.45, 2.75) is 59.4 Å². The number of piperazine rings is 1. The smallest absolute Gasteiger partial charge is 0.245 e. The van der Waals surface area contributed by atoms with E-state index in [1.165, 1.54) is 0 Å². The number of hydrogen-bond donors (Lipinski definition) is 2. The summed E-state index contributed by atoms with van der Waals surface area (Å²) >= 11 is 0. The first-order chi connectivity index (χ1) is 9.60. The highest BCUT2D eigenvalue weighted by Crippen LogP contribution is 2.32. The number of rotatable bonds is 5. The van der Waals surface area contributed by atoms with Gasteiger partial charge in [-0.3, -0.25) is 9.59 Å². The van der Waals surface area contributed by atoms with Crippen molar-refractivity contribution in [1.82, 2.24) is 10.2 Å². The van der Waals surface area contributed by atoms with Crippen molar-refractivity contribution < 1.29 is 9.59 Å². The predicted octanol–water partition coefficient (Wildman–Crippen LogP) is 1.51. The normalized spacial score (nSPS) is 20.1. The number of carbonyl (C=O) groups excluding carboxylic acids is 2. The van der Waals surface area contributed by atoms with Crippen LogP contribution in [0, 0.1) is 11.3 Å². The Balaban J connectivity index is 2.66. The standard InChI is InChI=1S/C16H31N3O2/c1-15(2,3)12(8-9-17)6-7-13(20)19-11-10-18-14(21)16(19,4)5/h12H,6-11,17H2,1-5H3,(H,18,21). The van der Waals surface area contributed by atoms with Crippen LogP contribution >= 0.6 is 0 Å². The number of hydrogen-bond acceptors (Lipinski definition) is 3. The molecule has 0 aromatic carbocycles. The topological polar surface area (TPSA) is 75.4 Å². The molecule has 5 nitrogen and oxygen atoms in total. The van der Waals surface area contributed by atoms with Gasteiger partial charge in [0.05, 0.1) is 0 Å². The number of amides is 2. The number of nitrogens with zero attached hydrogens (tertiary/aromatic N) is 1. The van der Waals surface area contributed by atoms with Crippen LogP contribution in [0.5, 0.6) is 0 Å². The van der Waals surface area contributed by atoms with Gasteiger partial charge >= 0.3 is 0 Å². The molecule has 0 radical (unpaired) electrons. The third-order valence-corrected chi connectivity index (χ3v) is 4.60. The summed E-state index contributed by atoms with van der Waals surface area (Å²) < 4.78 is 0. The highest BCUT2D eigenvalue weighted by atomic mass is 16.2. The average molecular weight is 297 g/mol. The third-order valence-electron chi connectivity index (χ3n) is 4.60. The fourth-order valence-electron chi connectivity index (χ4n) is 2.98. The molecule has 0 bridgehead atoms. The fraction of sp³-hybridized carbons (Fsp3) is 0.875. The van der Waals surface area contributed by atoms with Gasteiger partial charge in [0.15, 0.2) is 0 Å². The molecule has 1 unspecified atom stereocenters. The van der Waals surface area contributed by atoms with Crippen LogP contribution in [0.3, 0.4) is 0 Å². The summed E-state index contributed by atoms with van der Waals surface area (Å²) in [4.78, 5) is 26.1. The van der Waals surface area contributed by atoms with Crippen LogP contribution in [-0.4, -0.2) is 41.9 Å². The molecule has 1 aliphatic heterocycles. The molecule has 1 aliphatic rings. The molecule has 1 rings (SSSR count). The lowest BCUT2D eigenvalue weighted by atomic mass is 9.76. The van der Waals surface area contributed by atoms with Crippen LogP contribution in [0.4, 0.5) is 0 Å². The molecular weight excluding hydrogens is 266 g/mol. The lowest BCUT2D eigenvalue weighted by Crippen LogP contribution is -2.63. The Morgan fingerprint density at radius 2 is 2.00 bits per heavy atom. The number of nitrogens with one attached hydrogen (secondary N) is 1. The monoisotopic (exact) mass is 297 g/mol. The Bertz CT molecular complexity index is 385. The molecule has 21 heavy (non-hydrogen) atoms. The first kappa shape index (κ1) is 18.0. The second-order valence-corrected chi connectivity index (χ2v) is 7.54. The highest BCUT2D eigenvalue weighted by Gasteiger charge is 2.40. The summed E-state index contributed by atoms with van der Waals surface area (Å²) in [6.45, 7) is 12.0. The molecule has 1 atom stereocenters. The van der Waals surface area contributed by atoms with Gasteiger partial charge in [-0.05, 0) is 44.6 Å². The molecule has 0 saturated carbocycles. The van der Waals surface area contributed by atoms with Gasteiger partial charge in [0.1, 0.15) is 5.54 Å². The van der Waals surface area contributed by atoms with Crippen molar-refractivity contribution in [3.05, 3.63) is 0 Å². The summed E-state index contributed by atoms with van der Waals surface area (Å²) in [6.07, 6.45) is 2.24. The van der Waals surface area contributed by atoms with E-state index in [9.17, 15) is 9.59 Å². The summed E-state index contributed by atoms with van der Waals surface area (Å²) in [5.74, 6) is 0.422. The van der Waals surface area contributed by atoms with Gasteiger partial charge in [-0.1, -0.05) is 20.8 Å². The van der Waals surface area contributed by atoms with Crippen molar-refractivity contribution in [3.63, 3.8) is 0 Å². The minimum Gasteiger partial charge on any atom is -0.352 e. The van der Waals surface area contributed by atoms with Crippen LogP contribution in [0.25, 0.3) is 0 Å². The molecular formula is C16H31N3O2. The van der Waals surface area contributed by atoms with Gasteiger partial charge in [0, 0.05) is 19.5 Å². The summed E-state index contributed by atoms with van der Waals surface area (Å²) in [6, 6.07) is 0. The minimum absolute atomic E-state index is 0.0705. The van der Waals surface area contributed by atoms with Crippen LogP contribution in [-0.2, 0) is 9.59 Å². The van der Waals surface area contributed by atoms with Crippen LogP contribution in [0.2, 0.25) is 0 Å². The zero-order chi connectivity index (χ0) is 16.3. The van der Waals surface area contributed by atoms with Gasteiger partial charge in [0.25, 0.3) is 0 Å². The Kier molecular flexibility index (Phi) is 5.79. The Morgan fingerprint density at radius 1 is 1.38 bits per heavy atom.